The lowest BCUT2D eigenvalue weighted by atomic mass is 10.1. The van der Waals surface area contributed by atoms with Crippen LogP contribution in [0.5, 0.6) is 11.6 Å². The minimum atomic E-state index is -0.482. The van der Waals surface area contributed by atoms with Gasteiger partial charge in [-0.25, -0.2) is 4.98 Å². The van der Waals surface area contributed by atoms with Crippen LogP contribution in [0.1, 0.15) is 41.9 Å². The van der Waals surface area contributed by atoms with Crippen molar-refractivity contribution in [3.8, 4) is 23.8 Å². The van der Waals surface area contributed by atoms with Crippen molar-refractivity contribution in [3.63, 3.8) is 0 Å². The van der Waals surface area contributed by atoms with Gasteiger partial charge < -0.3 is 14.6 Å². The molecule has 2 heterocycles. The number of rotatable bonds is 7. The molecule has 0 radical (unpaired) electrons. The summed E-state index contributed by atoms with van der Waals surface area (Å²) in [6.45, 7) is 11.0. The number of benzene rings is 1. The minimum absolute atomic E-state index is 0.0247. The smallest absolute Gasteiger partial charge is 0.266 e. The molecule has 0 saturated carbocycles. The van der Waals surface area contributed by atoms with E-state index in [0.717, 1.165) is 29.1 Å². The average molecular weight is 454 g/mol. The van der Waals surface area contributed by atoms with Gasteiger partial charge in [0.2, 0.25) is 5.88 Å². The largest absolute Gasteiger partial charge is 0.438 e. The first-order valence-electron chi connectivity index (χ1n) is 11.0. The topological polar surface area (TPSA) is 104 Å². The third-order valence-electron chi connectivity index (χ3n) is 5.38. The SMILES string of the molecule is Cc1cc(Oc2ncccc2C#N)ccc1NC(=O)/C(C#N)=C/c1cc(C)n(CC(C)C)c1C. The summed E-state index contributed by atoms with van der Waals surface area (Å²) < 4.78 is 7.93. The van der Waals surface area contributed by atoms with Gasteiger partial charge in [0.25, 0.3) is 5.91 Å². The van der Waals surface area contributed by atoms with E-state index in [-0.39, 0.29) is 11.5 Å². The van der Waals surface area contributed by atoms with Gasteiger partial charge in [0.05, 0.1) is 0 Å². The molecule has 1 aromatic carbocycles. The molecule has 0 fully saturated rings. The molecule has 172 valence electrons. The highest BCUT2D eigenvalue weighted by Crippen LogP contribution is 2.27. The van der Waals surface area contributed by atoms with Crippen molar-refractivity contribution in [2.45, 2.75) is 41.2 Å². The molecule has 0 aliphatic rings. The molecule has 0 bridgehead atoms. The monoisotopic (exact) mass is 453 g/mol. The highest BCUT2D eigenvalue weighted by atomic mass is 16.5. The van der Waals surface area contributed by atoms with Gasteiger partial charge in [0.15, 0.2) is 0 Å². The molecule has 1 N–H and O–H groups in total. The van der Waals surface area contributed by atoms with Crippen LogP contribution < -0.4 is 10.1 Å². The number of aryl methyl sites for hydroxylation is 2. The Hall–Kier alpha value is -4.36. The van der Waals surface area contributed by atoms with Gasteiger partial charge in [-0.2, -0.15) is 10.5 Å². The van der Waals surface area contributed by atoms with E-state index >= 15 is 0 Å². The fourth-order valence-electron chi connectivity index (χ4n) is 3.62. The van der Waals surface area contributed by atoms with Crippen molar-refractivity contribution in [1.29, 1.82) is 10.5 Å². The van der Waals surface area contributed by atoms with Gasteiger partial charge in [-0.1, -0.05) is 13.8 Å². The molecule has 34 heavy (non-hydrogen) atoms. The molecule has 0 aliphatic heterocycles. The predicted octanol–water partition coefficient (Wildman–Crippen LogP) is 5.67. The van der Waals surface area contributed by atoms with Gasteiger partial charge in [-0.15, -0.1) is 0 Å². The molecule has 3 aromatic rings. The van der Waals surface area contributed by atoms with Gasteiger partial charge in [0.1, 0.15) is 29.0 Å². The van der Waals surface area contributed by atoms with Gasteiger partial charge in [-0.3, -0.25) is 4.79 Å². The Morgan fingerprint density at radius 3 is 2.62 bits per heavy atom. The van der Waals surface area contributed by atoms with E-state index in [1.165, 1.54) is 0 Å². The maximum Gasteiger partial charge on any atom is 0.266 e. The van der Waals surface area contributed by atoms with E-state index in [2.05, 4.69) is 28.7 Å². The Morgan fingerprint density at radius 1 is 1.21 bits per heavy atom. The highest BCUT2D eigenvalue weighted by Gasteiger charge is 2.15. The molecule has 1 amide bonds. The summed E-state index contributed by atoms with van der Waals surface area (Å²) in [6.07, 6.45) is 3.18. The molecule has 7 heteroatoms. The summed E-state index contributed by atoms with van der Waals surface area (Å²) >= 11 is 0. The van der Waals surface area contributed by atoms with E-state index < -0.39 is 5.91 Å². The number of hydrogen-bond donors (Lipinski definition) is 1. The third kappa shape index (κ3) is 5.51. The van der Waals surface area contributed by atoms with E-state index in [1.807, 2.05) is 39.0 Å². The van der Waals surface area contributed by atoms with Crippen LogP contribution in [0.25, 0.3) is 6.08 Å². The number of carbonyl (C=O) groups excluding carboxylic acids is 1. The molecule has 0 saturated heterocycles. The zero-order valence-corrected chi connectivity index (χ0v) is 20.0. The number of nitrogens with zero attached hydrogens (tertiary/aromatic N) is 4. The maximum atomic E-state index is 12.9. The second kappa shape index (κ2) is 10.5. The average Bonchev–Trinajstić information content (AvgIpc) is 3.06. The Kier molecular flexibility index (Phi) is 7.50. The van der Waals surface area contributed by atoms with Crippen molar-refractivity contribution in [3.05, 3.63) is 76.2 Å². The molecule has 7 nitrogen and oxygen atoms in total. The van der Waals surface area contributed by atoms with Gasteiger partial charge in [0, 0.05) is 29.8 Å². The summed E-state index contributed by atoms with van der Waals surface area (Å²) in [5.41, 5.74) is 4.63. The number of ether oxygens (including phenoxy) is 1. The summed E-state index contributed by atoms with van der Waals surface area (Å²) in [4.78, 5) is 16.9. The number of hydrogen-bond acceptors (Lipinski definition) is 5. The third-order valence-corrected chi connectivity index (χ3v) is 5.38. The van der Waals surface area contributed by atoms with Crippen molar-refractivity contribution in [1.82, 2.24) is 9.55 Å². The first-order chi connectivity index (χ1) is 16.2. The molecule has 0 atom stereocenters. The Labute approximate surface area is 199 Å². The number of pyridine rings is 1. The molecule has 3 rings (SSSR count). The van der Waals surface area contributed by atoms with Gasteiger partial charge in [-0.05, 0) is 80.3 Å². The normalized spacial score (nSPS) is 11.1. The van der Waals surface area contributed by atoms with E-state index in [4.69, 9.17) is 4.74 Å². The number of amides is 1. The number of carbonyl (C=O) groups is 1. The van der Waals surface area contributed by atoms with E-state index in [1.54, 1.807) is 42.6 Å². The molecule has 0 unspecified atom stereocenters. The predicted molar refractivity (Wildman–Crippen MR) is 131 cm³/mol. The van der Waals surface area contributed by atoms with Crippen molar-refractivity contribution in [2.75, 3.05) is 5.32 Å². The fraction of sp³-hybridized carbons (Fsp3) is 0.259. The quantitative estimate of drug-likeness (QED) is 0.366. The Bertz CT molecular complexity index is 1340. The lowest BCUT2D eigenvalue weighted by Gasteiger charge is -2.12. The molecular weight excluding hydrogens is 426 g/mol. The van der Waals surface area contributed by atoms with Crippen LogP contribution in [-0.4, -0.2) is 15.5 Å². The van der Waals surface area contributed by atoms with Crippen LogP contribution >= 0.6 is 0 Å². The Balaban J connectivity index is 1.79. The summed E-state index contributed by atoms with van der Waals surface area (Å²) in [5, 5.41) is 21.6. The second-order valence-corrected chi connectivity index (χ2v) is 8.50. The van der Waals surface area contributed by atoms with Crippen LogP contribution in [0.4, 0.5) is 5.69 Å². The van der Waals surface area contributed by atoms with Crippen molar-refractivity contribution >= 4 is 17.7 Å². The molecule has 0 spiro atoms. The zero-order chi connectivity index (χ0) is 24.8. The highest BCUT2D eigenvalue weighted by molar-refractivity contribution is 6.10. The van der Waals surface area contributed by atoms with Crippen LogP contribution in [0.15, 0.2) is 48.2 Å². The van der Waals surface area contributed by atoms with E-state index in [0.29, 0.717) is 22.9 Å². The minimum Gasteiger partial charge on any atom is -0.438 e. The Morgan fingerprint density at radius 2 is 1.97 bits per heavy atom. The lowest BCUT2D eigenvalue weighted by Crippen LogP contribution is -2.14. The van der Waals surface area contributed by atoms with E-state index in [9.17, 15) is 15.3 Å². The number of aromatic nitrogens is 2. The van der Waals surface area contributed by atoms with Crippen molar-refractivity contribution < 1.29 is 9.53 Å². The van der Waals surface area contributed by atoms with Crippen LogP contribution in [0, 0.1) is 49.4 Å². The van der Waals surface area contributed by atoms with Gasteiger partial charge >= 0.3 is 0 Å². The second-order valence-electron chi connectivity index (χ2n) is 8.50. The first kappa shape index (κ1) is 24.3. The first-order valence-corrected chi connectivity index (χ1v) is 11.0. The number of anilines is 1. The summed E-state index contributed by atoms with van der Waals surface area (Å²) in [7, 11) is 0. The van der Waals surface area contributed by atoms with Crippen LogP contribution in [0.3, 0.4) is 0 Å². The molecule has 0 aliphatic carbocycles. The molecule has 2 aromatic heterocycles. The van der Waals surface area contributed by atoms with Crippen LogP contribution in [0.2, 0.25) is 0 Å². The lowest BCUT2D eigenvalue weighted by molar-refractivity contribution is -0.112. The number of nitriles is 2. The zero-order valence-electron chi connectivity index (χ0n) is 20.0. The summed E-state index contributed by atoms with van der Waals surface area (Å²) in [6, 6.07) is 14.5. The maximum absolute atomic E-state index is 12.9. The fourth-order valence-corrected chi connectivity index (χ4v) is 3.62. The number of nitrogens with one attached hydrogen (secondary N) is 1. The van der Waals surface area contributed by atoms with Crippen molar-refractivity contribution in [2.24, 2.45) is 5.92 Å². The standard InChI is InChI=1S/C27H27N5O2/c1-17(2)16-32-19(4)12-22(20(32)5)13-23(15-29)26(33)31-25-9-8-24(11-18(25)3)34-27-21(14-28)7-6-10-30-27/h6-13,17H,16H2,1-5H3,(H,31,33)/b23-13+. The molecular formula is C27H27N5O2. The summed E-state index contributed by atoms with van der Waals surface area (Å²) in [5.74, 6) is 0.703. The van der Waals surface area contributed by atoms with Crippen LogP contribution in [-0.2, 0) is 11.3 Å².